The molecule has 0 radical (unpaired) electrons. The van der Waals surface area contributed by atoms with E-state index in [0.29, 0.717) is 5.57 Å². The number of hydrogen-bond donors (Lipinski definition) is 1. The van der Waals surface area contributed by atoms with Gasteiger partial charge in [-0.3, -0.25) is 0 Å². The van der Waals surface area contributed by atoms with Crippen molar-refractivity contribution in [3.05, 3.63) is 22.6 Å². The van der Waals surface area contributed by atoms with Crippen LogP contribution >= 0.6 is 0 Å². The van der Waals surface area contributed by atoms with Gasteiger partial charge in [0.25, 0.3) is 0 Å². The normalized spacial score (nSPS) is 15.3. The molecule has 3 heteroatoms. The van der Waals surface area contributed by atoms with Crippen molar-refractivity contribution in [1.82, 2.24) is 0 Å². The first-order chi connectivity index (χ1) is 4.30. The number of hydrogen-bond acceptors (Lipinski definition) is 1. The van der Waals surface area contributed by atoms with Crippen molar-refractivity contribution >= 4 is 25.8 Å². The van der Waals surface area contributed by atoms with Crippen LogP contribution in [0.5, 0.6) is 0 Å². The fraction of sp³-hybridized carbons (Fsp3) is 0. The summed E-state index contributed by atoms with van der Waals surface area (Å²) < 4.78 is 0. The summed E-state index contributed by atoms with van der Waals surface area (Å²) in [5.74, 6) is -0.809. The fourth-order valence-electron chi connectivity index (χ4n) is 0.581. The molecule has 0 fully saturated rings. The third kappa shape index (κ3) is 1.64. The van der Waals surface area contributed by atoms with Gasteiger partial charge in [0.1, 0.15) is 0 Å². The molecule has 46 valence electrons. The second kappa shape index (κ2) is 2.78. The molecule has 0 saturated heterocycles. The van der Waals surface area contributed by atoms with Crippen LogP contribution in [0.1, 0.15) is 0 Å². The molecular formula is C6H6GeO2. The molecule has 0 unspecified atom stereocenters. The molecule has 1 aliphatic heterocycles. The summed E-state index contributed by atoms with van der Waals surface area (Å²) in [6.07, 6.45) is 3.45. The summed E-state index contributed by atoms with van der Waals surface area (Å²) in [4.78, 5) is 14.2. The summed E-state index contributed by atoms with van der Waals surface area (Å²) in [5, 5.41) is 8.43. The molecule has 2 nitrogen and oxygen atoms in total. The average molecular weight is 183 g/mol. The maximum absolute atomic E-state index is 10.2. The fourth-order valence-corrected chi connectivity index (χ4v) is 2.28. The van der Waals surface area contributed by atoms with Crippen molar-refractivity contribution in [2.24, 2.45) is 0 Å². The Morgan fingerprint density at radius 2 is 2.44 bits per heavy atom. The first-order valence-electron chi connectivity index (χ1n) is 2.59. The molecule has 0 atom stereocenters. The van der Waals surface area contributed by atoms with Crippen molar-refractivity contribution in [3.8, 4) is 0 Å². The molecule has 0 saturated carbocycles. The quantitative estimate of drug-likeness (QED) is 0.569. The zero-order valence-corrected chi connectivity index (χ0v) is 7.16. The molecule has 1 heterocycles. The van der Waals surface area contributed by atoms with Gasteiger partial charge in [-0.25, -0.2) is 0 Å². The molecule has 0 spiro atoms. The number of rotatable bonds is 1. The van der Waals surface area contributed by atoms with Crippen LogP contribution in [-0.4, -0.2) is 30.9 Å². The van der Waals surface area contributed by atoms with Crippen LogP contribution in [0, 0.1) is 0 Å². The SMILES string of the molecule is O=C(O)C1=CC=[CH][GeH]=[CH]1. The summed E-state index contributed by atoms with van der Waals surface area (Å²) in [6, 6.07) is 0. The Morgan fingerprint density at radius 3 is 2.78 bits per heavy atom. The van der Waals surface area contributed by atoms with Gasteiger partial charge in [0.15, 0.2) is 0 Å². The molecule has 0 aromatic rings. The Balaban J connectivity index is 2.84. The zero-order valence-electron chi connectivity index (χ0n) is 4.74. The Labute approximate surface area is 58.9 Å². The van der Waals surface area contributed by atoms with Crippen molar-refractivity contribution in [3.63, 3.8) is 0 Å². The second-order valence-electron chi connectivity index (χ2n) is 1.67. The third-order valence-electron chi connectivity index (χ3n) is 1.02. The molecule has 0 aromatic heterocycles. The van der Waals surface area contributed by atoms with E-state index in [4.69, 9.17) is 5.11 Å². The number of carbonyl (C=O) groups is 1. The van der Waals surface area contributed by atoms with Crippen LogP contribution in [0.4, 0.5) is 0 Å². The van der Waals surface area contributed by atoms with Gasteiger partial charge >= 0.3 is 58.3 Å². The van der Waals surface area contributed by atoms with Crippen molar-refractivity contribution < 1.29 is 9.90 Å². The minimum absolute atomic E-state index is 0.456. The predicted octanol–water partition coefficient (Wildman–Crippen LogP) is -0.237. The number of aliphatic carboxylic acids is 1. The van der Waals surface area contributed by atoms with Crippen LogP contribution in [0.15, 0.2) is 22.6 Å². The zero-order chi connectivity index (χ0) is 6.69. The molecular weight excluding hydrogens is 177 g/mol. The van der Waals surface area contributed by atoms with Crippen molar-refractivity contribution in [2.45, 2.75) is 0 Å². The first kappa shape index (κ1) is 6.48. The van der Waals surface area contributed by atoms with E-state index in [1.54, 1.807) is 6.08 Å². The Hall–Kier alpha value is -0.637. The van der Waals surface area contributed by atoms with E-state index >= 15 is 0 Å². The Kier molecular flexibility index (Phi) is 2.00. The molecule has 0 bridgehead atoms. The topological polar surface area (TPSA) is 37.3 Å². The van der Waals surface area contributed by atoms with E-state index in [9.17, 15) is 4.79 Å². The molecule has 0 aromatic carbocycles. The Bertz CT molecular complexity index is 213. The van der Waals surface area contributed by atoms with Crippen molar-refractivity contribution in [2.75, 3.05) is 0 Å². The van der Waals surface area contributed by atoms with Crippen LogP contribution in [0.3, 0.4) is 0 Å². The van der Waals surface area contributed by atoms with E-state index in [1.807, 2.05) is 10.9 Å². The standard InChI is InChI=1S/C6H6GeO2/c8-6(9)5-2-1-3-7-4-5/h1-4,7H,(H,8,9). The van der Waals surface area contributed by atoms with Gasteiger partial charge in [0, 0.05) is 0 Å². The predicted molar refractivity (Wildman–Crippen MR) is 38.1 cm³/mol. The average Bonchev–Trinajstić information content (AvgIpc) is 1.90. The summed E-state index contributed by atoms with van der Waals surface area (Å²) >= 11 is -0.470. The molecule has 9 heavy (non-hydrogen) atoms. The van der Waals surface area contributed by atoms with Crippen LogP contribution in [-0.2, 0) is 4.79 Å². The third-order valence-corrected chi connectivity index (χ3v) is 3.11. The summed E-state index contributed by atoms with van der Waals surface area (Å²) in [6.45, 7) is 0. The minimum atomic E-state index is -0.809. The molecule has 1 rings (SSSR count). The van der Waals surface area contributed by atoms with Gasteiger partial charge in [0.05, 0.1) is 0 Å². The maximum atomic E-state index is 10.2. The summed E-state index contributed by atoms with van der Waals surface area (Å²) in [7, 11) is 0. The van der Waals surface area contributed by atoms with Crippen LogP contribution < -0.4 is 0 Å². The molecule has 0 amide bonds. The van der Waals surface area contributed by atoms with E-state index in [1.165, 1.54) is 0 Å². The van der Waals surface area contributed by atoms with Crippen LogP contribution in [0.2, 0.25) is 0 Å². The van der Waals surface area contributed by atoms with Gasteiger partial charge in [-0.1, -0.05) is 0 Å². The van der Waals surface area contributed by atoms with Gasteiger partial charge in [-0.05, 0) is 0 Å². The van der Waals surface area contributed by atoms with Gasteiger partial charge in [0.2, 0.25) is 0 Å². The van der Waals surface area contributed by atoms with E-state index in [2.05, 4.69) is 4.91 Å². The molecule has 1 N–H and O–H groups in total. The van der Waals surface area contributed by atoms with E-state index in [-0.39, 0.29) is 0 Å². The molecule has 0 aliphatic carbocycles. The van der Waals surface area contributed by atoms with Crippen LogP contribution in [0.25, 0.3) is 0 Å². The van der Waals surface area contributed by atoms with Gasteiger partial charge in [-0.2, -0.15) is 0 Å². The van der Waals surface area contributed by atoms with E-state index < -0.39 is 21.0 Å². The second-order valence-corrected chi connectivity index (χ2v) is 3.99. The first-order valence-corrected chi connectivity index (χ1v) is 5.39. The summed E-state index contributed by atoms with van der Waals surface area (Å²) in [5.41, 5.74) is 0.456. The monoisotopic (exact) mass is 184 g/mol. The Morgan fingerprint density at radius 1 is 1.67 bits per heavy atom. The van der Waals surface area contributed by atoms with E-state index in [0.717, 1.165) is 0 Å². The number of carboxylic acids is 1. The molecule has 1 aliphatic rings. The number of allylic oxidation sites excluding steroid dienone is 2. The van der Waals surface area contributed by atoms with Gasteiger partial charge < -0.3 is 0 Å². The van der Waals surface area contributed by atoms with Crippen molar-refractivity contribution in [1.29, 1.82) is 0 Å². The van der Waals surface area contributed by atoms with Gasteiger partial charge in [-0.15, -0.1) is 0 Å². The number of carboxylic acid groups (broad SMARTS) is 1.